The number of ether oxygens (including phenoxy) is 1. The third-order valence-corrected chi connectivity index (χ3v) is 3.13. The molecule has 1 aliphatic rings. The fraction of sp³-hybridized carbons (Fsp3) is 0.429. The van der Waals surface area contributed by atoms with Gasteiger partial charge >= 0.3 is 5.97 Å². The number of rotatable bonds is 5. The molecule has 6 nitrogen and oxygen atoms in total. The van der Waals surface area contributed by atoms with Gasteiger partial charge in [-0.3, -0.25) is 4.79 Å². The third kappa shape index (κ3) is 4.24. The average molecular weight is 278 g/mol. The number of hydrogen-bond acceptors (Lipinski definition) is 4. The van der Waals surface area contributed by atoms with Gasteiger partial charge in [0.1, 0.15) is 5.75 Å². The summed E-state index contributed by atoms with van der Waals surface area (Å²) in [5.74, 6) is -0.653. The first kappa shape index (κ1) is 14.3. The quantitative estimate of drug-likeness (QED) is 0.750. The van der Waals surface area contributed by atoms with Crippen LogP contribution < -0.4 is 15.4 Å². The summed E-state index contributed by atoms with van der Waals surface area (Å²) >= 11 is 0. The normalized spacial score (nSPS) is 18.3. The van der Waals surface area contributed by atoms with Gasteiger partial charge in [-0.15, -0.1) is 0 Å². The molecule has 0 aromatic heterocycles. The van der Waals surface area contributed by atoms with Crippen LogP contribution in [0.3, 0.4) is 0 Å². The maximum Gasteiger partial charge on any atom is 0.341 e. The highest BCUT2D eigenvalue weighted by Gasteiger charge is 2.20. The van der Waals surface area contributed by atoms with Gasteiger partial charge in [0, 0.05) is 18.3 Å². The topological polar surface area (TPSA) is 87.7 Å². The minimum absolute atomic E-state index is 0.0208. The van der Waals surface area contributed by atoms with Crippen molar-refractivity contribution in [1.82, 2.24) is 5.32 Å². The van der Waals surface area contributed by atoms with Crippen LogP contribution in [0.4, 0.5) is 5.69 Å². The molecule has 0 radical (unpaired) electrons. The van der Waals surface area contributed by atoms with Gasteiger partial charge in [0.2, 0.25) is 5.91 Å². The Balaban J connectivity index is 1.93. The minimum Gasteiger partial charge on any atom is -0.482 e. The van der Waals surface area contributed by atoms with E-state index >= 15 is 0 Å². The lowest BCUT2D eigenvalue weighted by Crippen LogP contribution is -2.37. The van der Waals surface area contributed by atoms with Gasteiger partial charge < -0.3 is 20.5 Å². The summed E-state index contributed by atoms with van der Waals surface area (Å²) in [5, 5.41) is 14.6. The van der Waals surface area contributed by atoms with Crippen LogP contribution in [0.15, 0.2) is 24.3 Å². The summed E-state index contributed by atoms with van der Waals surface area (Å²) in [7, 11) is 0. The van der Waals surface area contributed by atoms with Crippen molar-refractivity contribution in [2.75, 3.05) is 25.0 Å². The average Bonchev–Trinajstić information content (AvgIpc) is 2.46. The van der Waals surface area contributed by atoms with Crippen molar-refractivity contribution >= 4 is 17.6 Å². The molecule has 0 unspecified atom stereocenters. The van der Waals surface area contributed by atoms with Crippen molar-refractivity contribution in [2.24, 2.45) is 5.92 Å². The molecule has 1 aromatic rings. The van der Waals surface area contributed by atoms with Crippen LogP contribution in [-0.2, 0) is 9.59 Å². The molecule has 1 fully saturated rings. The summed E-state index contributed by atoms with van der Waals surface area (Å²) in [4.78, 5) is 22.5. The summed E-state index contributed by atoms with van der Waals surface area (Å²) < 4.78 is 5.07. The maximum atomic E-state index is 12.1. The number of carbonyl (C=O) groups is 2. The second kappa shape index (κ2) is 6.91. The van der Waals surface area contributed by atoms with E-state index in [2.05, 4.69) is 10.6 Å². The predicted molar refractivity (Wildman–Crippen MR) is 73.8 cm³/mol. The lowest BCUT2D eigenvalue weighted by atomic mass is 9.99. The number of carboxylic acids is 1. The molecule has 2 rings (SSSR count). The lowest BCUT2D eigenvalue weighted by Gasteiger charge is -2.22. The van der Waals surface area contributed by atoms with Crippen LogP contribution in [0.5, 0.6) is 5.75 Å². The first-order valence-electron chi connectivity index (χ1n) is 6.61. The van der Waals surface area contributed by atoms with E-state index in [1.54, 1.807) is 24.3 Å². The highest BCUT2D eigenvalue weighted by molar-refractivity contribution is 5.92. The van der Waals surface area contributed by atoms with Crippen molar-refractivity contribution in [3.05, 3.63) is 24.3 Å². The van der Waals surface area contributed by atoms with Gasteiger partial charge in [0.15, 0.2) is 6.61 Å². The SMILES string of the molecule is O=C(O)COc1cccc(NC(=O)[C@H]2CCCNC2)c1. The number of piperidine rings is 1. The Hall–Kier alpha value is -2.08. The zero-order valence-electron chi connectivity index (χ0n) is 11.1. The van der Waals surface area contributed by atoms with Crippen molar-refractivity contribution in [3.63, 3.8) is 0 Å². The summed E-state index contributed by atoms with van der Waals surface area (Å²) in [6, 6.07) is 6.74. The fourth-order valence-electron chi connectivity index (χ4n) is 2.13. The largest absolute Gasteiger partial charge is 0.482 e. The number of benzene rings is 1. The standard InChI is InChI=1S/C14H18N2O4/c17-13(18)9-20-12-5-1-4-11(7-12)16-14(19)10-3-2-6-15-8-10/h1,4-5,7,10,15H,2-3,6,8-9H2,(H,16,19)(H,17,18)/t10-/m0/s1. The highest BCUT2D eigenvalue weighted by atomic mass is 16.5. The molecule has 1 aromatic carbocycles. The van der Waals surface area contributed by atoms with E-state index in [4.69, 9.17) is 9.84 Å². The van der Waals surface area contributed by atoms with E-state index in [-0.39, 0.29) is 11.8 Å². The van der Waals surface area contributed by atoms with E-state index < -0.39 is 12.6 Å². The Kier molecular flexibility index (Phi) is 4.95. The molecule has 0 bridgehead atoms. The van der Waals surface area contributed by atoms with E-state index in [1.165, 1.54) is 0 Å². The second-order valence-electron chi connectivity index (χ2n) is 4.74. The van der Waals surface area contributed by atoms with E-state index in [9.17, 15) is 9.59 Å². The molecule has 6 heteroatoms. The molecule has 0 saturated carbocycles. The predicted octanol–water partition coefficient (Wildman–Crippen LogP) is 1.09. The van der Waals surface area contributed by atoms with Crippen molar-refractivity contribution < 1.29 is 19.4 Å². The van der Waals surface area contributed by atoms with Crippen LogP contribution >= 0.6 is 0 Å². The zero-order chi connectivity index (χ0) is 14.4. The smallest absolute Gasteiger partial charge is 0.341 e. The van der Waals surface area contributed by atoms with E-state index in [0.29, 0.717) is 18.0 Å². The molecular weight excluding hydrogens is 260 g/mol. The molecule has 1 saturated heterocycles. The molecular formula is C14H18N2O4. The van der Waals surface area contributed by atoms with Gasteiger partial charge in [0.25, 0.3) is 0 Å². The fourth-order valence-corrected chi connectivity index (χ4v) is 2.13. The molecule has 1 heterocycles. The number of amides is 1. The van der Waals surface area contributed by atoms with E-state index in [0.717, 1.165) is 19.4 Å². The van der Waals surface area contributed by atoms with Crippen molar-refractivity contribution in [2.45, 2.75) is 12.8 Å². The lowest BCUT2D eigenvalue weighted by molar-refractivity contribution is -0.139. The Morgan fingerprint density at radius 2 is 2.30 bits per heavy atom. The molecule has 3 N–H and O–H groups in total. The molecule has 1 aliphatic heterocycles. The Labute approximate surface area is 117 Å². The summed E-state index contributed by atoms with van der Waals surface area (Å²) in [6.07, 6.45) is 1.88. The highest BCUT2D eigenvalue weighted by Crippen LogP contribution is 2.19. The van der Waals surface area contributed by atoms with Crippen LogP contribution in [0.1, 0.15) is 12.8 Å². The Morgan fingerprint density at radius 3 is 3.00 bits per heavy atom. The van der Waals surface area contributed by atoms with Crippen LogP contribution in [0.2, 0.25) is 0 Å². The van der Waals surface area contributed by atoms with Gasteiger partial charge in [-0.2, -0.15) is 0 Å². The second-order valence-corrected chi connectivity index (χ2v) is 4.74. The van der Waals surface area contributed by atoms with Gasteiger partial charge in [-0.25, -0.2) is 4.79 Å². The zero-order valence-corrected chi connectivity index (χ0v) is 11.1. The summed E-state index contributed by atoms with van der Waals surface area (Å²) in [6.45, 7) is 1.26. The maximum absolute atomic E-state index is 12.1. The number of carbonyl (C=O) groups excluding carboxylic acids is 1. The molecule has 1 amide bonds. The number of hydrogen-bond donors (Lipinski definition) is 3. The Bertz CT molecular complexity index is 484. The first-order valence-corrected chi connectivity index (χ1v) is 6.61. The first-order chi connectivity index (χ1) is 9.65. The molecule has 1 atom stereocenters. The third-order valence-electron chi connectivity index (χ3n) is 3.13. The van der Waals surface area contributed by atoms with Gasteiger partial charge in [-0.1, -0.05) is 6.07 Å². The molecule has 0 aliphatic carbocycles. The monoisotopic (exact) mass is 278 g/mol. The molecule has 108 valence electrons. The van der Waals surface area contributed by atoms with Crippen LogP contribution in [-0.4, -0.2) is 36.7 Å². The minimum atomic E-state index is -1.03. The number of aliphatic carboxylic acids is 1. The van der Waals surface area contributed by atoms with Crippen LogP contribution in [0.25, 0.3) is 0 Å². The van der Waals surface area contributed by atoms with E-state index in [1.807, 2.05) is 0 Å². The molecule has 20 heavy (non-hydrogen) atoms. The van der Waals surface area contributed by atoms with Gasteiger partial charge in [-0.05, 0) is 31.5 Å². The number of carboxylic acid groups (broad SMARTS) is 1. The van der Waals surface area contributed by atoms with Crippen LogP contribution in [0, 0.1) is 5.92 Å². The number of anilines is 1. The number of nitrogens with one attached hydrogen (secondary N) is 2. The Morgan fingerprint density at radius 1 is 1.45 bits per heavy atom. The van der Waals surface area contributed by atoms with Crippen molar-refractivity contribution in [3.8, 4) is 5.75 Å². The molecule has 0 spiro atoms. The van der Waals surface area contributed by atoms with Crippen molar-refractivity contribution in [1.29, 1.82) is 0 Å². The van der Waals surface area contributed by atoms with Gasteiger partial charge in [0.05, 0.1) is 5.92 Å². The summed E-state index contributed by atoms with van der Waals surface area (Å²) in [5.41, 5.74) is 0.614.